The third-order valence-corrected chi connectivity index (χ3v) is 6.52. The second-order valence-corrected chi connectivity index (χ2v) is 8.72. The molecule has 0 N–H and O–H groups in total. The molecule has 5 heteroatoms. The monoisotopic (exact) mass is 352 g/mol. The van der Waals surface area contributed by atoms with Crippen molar-refractivity contribution in [3.8, 4) is 0 Å². The van der Waals surface area contributed by atoms with Crippen LogP contribution in [0.25, 0.3) is 0 Å². The first-order valence-corrected chi connectivity index (χ1v) is 6.48. The molecular weight excluding hydrogens is 337 g/mol. The summed E-state index contributed by atoms with van der Waals surface area (Å²) < 4.78 is 2.61. The van der Waals surface area contributed by atoms with Crippen LogP contribution in [0.5, 0.6) is 0 Å². The van der Waals surface area contributed by atoms with E-state index in [0.29, 0.717) is 15.0 Å². The molecule has 0 aliphatic rings. The summed E-state index contributed by atoms with van der Waals surface area (Å²) in [6.07, 6.45) is 0. The molecule has 0 amide bonds. The minimum absolute atomic E-state index is 0.410. The molecule has 0 aliphatic carbocycles. The molecule has 2 nitrogen and oxygen atoms in total. The molecule has 0 spiro atoms. The van der Waals surface area contributed by atoms with Gasteiger partial charge in [0, 0.05) is 0 Å². The zero-order valence-electron chi connectivity index (χ0n) is 7.12. The van der Waals surface area contributed by atoms with Crippen LogP contribution in [-0.4, -0.2) is 91.0 Å². The molecule has 11 heavy (non-hydrogen) atoms. The maximum absolute atomic E-state index is 3.07. The van der Waals surface area contributed by atoms with Crippen molar-refractivity contribution in [1.82, 2.24) is 9.80 Å². The summed E-state index contributed by atoms with van der Waals surface area (Å²) in [6, 6.07) is 0. The fourth-order valence-electron chi connectivity index (χ4n) is 0.257. The zero-order valence-corrected chi connectivity index (χ0v) is 12.3. The SMILES string of the molecule is CN(C)C(=[Se])[Se]C(=[Se])N(C)C. The second-order valence-electron chi connectivity index (χ2n) is 2.42. The topological polar surface area (TPSA) is 6.48 Å². The van der Waals surface area contributed by atoms with Gasteiger partial charge < -0.3 is 0 Å². The number of nitrogens with zero attached hydrogens (tertiary/aromatic N) is 2. The Hall–Kier alpha value is 0.898. The molecule has 0 radical (unpaired) electrons. The molecule has 0 heterocycles. The molecule has 0 aromatic carbocycles. The van der Waals surface area contributed by atoms with Gasteiger partial charge in [-0.25, -0.2) is 0 Å². The molecule has 0 rings (SSSR count). The van der Waals surface area contributed by atoms with E-state index in [4.69, 9.17) is 0 Å². The van der Waals surface area contributed by atoms with E-state index in [9.17, 15) is 0 Å². The standard InChI is InChI=1S/C6H12N2Se3/c1-7(2)5(9)11-6(10)8(3)4/h1-4H3. The number of hydrogen-bond acceptors (Lipinski definition) is 2. The zero-order chi connectivity index (χ0) is 9.02. The van der Waals surface area contributed by atoms with Crippen LogP contribution in [0, 0.1) is 0 Å². The Balaban J connectivity index is 3.86. The summed E-state index contributed by atoms with van der Waals surface area (Å²) in [5.41, 5.74) is 0. The van der Waals surface area contributed by atoms with Crippen LogP contribution in [0.4, 0.5) is 0 Å². The van der Waals surface area contributed by atoms with Gasteiger partial charge in [-0.05, 0) is 0 Å². The molecule has 0 aromatic heterocycles. The number of rotatable bonds is 4. The Bertz CT molecular complexity index is 147. The van der Waals surface area contributed by atoms with Crippen molar-refractivity contribution in [1.29, 1.82) is 0 Å². The molecule has 64 valence electrons. The Morgan fingerprint density at radius 1 is 0.909 bits per heavy atom. The Kier molecular flexibility index (Phi) is 5.98. The fourth-order valence-corrected chi connectivity index (χ4v) is 4.45. The van der Waals surface area contributed by atoms with Crippen LogP contribution < -0.4 is 0 Å². The van der Waals surface area contributed by atoms with Gasteiger partial charge in [-0.3, -0.25) is 0 Å². The third kappa shape index (κ3) is 5.19. The van der Waals surface area contributed by atoms with Crippen molar-refractivity contribution in [2.45, 2.75) is 0 Å². The van der Waals surface area contributed by atoms with Crippen molar-refractivity contribution < 1.29 is 0 Å². The first kappa shape index (κ1) is 11.9. The molecule has 0 bridgehead atoms. The third-order valence-electron chi connectivity index (χ3n) is 0.905. The Labute approximate surface area is 90.6 Å². The molecule has 0 unspecified atom stereocenters. The predicted molar refractivity (Wildman–Crippen MR) is 54.7 cm³/mol. The van der Waals surface area contributed by atoms with Crippen molar-refractivity contribution in [3.63, 3.8) is 0 Å². The maximum atomic E-state index is 3.07. The van der Waals surface area contributed by atoms with Gasteiger partial charge in [0.15, 0.2) is 0 Å². The van der Waals surface area contributed by atoms with Crippen LogP contribution in [-0.2, 0) is 0 Å². The summed E-state index contributed by atoms with van der Waals surface area (Å²) in [7, 11) is 8.21. The van der Waals surface area contributed by atoms with E-state index >= 15 is 0 Å². The summed E-state index contributed by atoms with van der Waals surface area (Å²) >= 11 is 6.54. The van der Waals surface area contributed by atoms with Crippen molar-refractivity contribution in [2.75, 3.05) is 28.2 Å². The fraction of sp³-hybridized carbons (Fsp3) is 0.667. The first-order chi connectivity index (χ1) is 4.95. The summed E-state index contributed by atoms with van der Waals surface area (Å²) in [4.78, 5) is 4.22. The summed E-state index contributed by atoms with van der Waals surface area (Å²) in [5, 5.41) is 0. The van der Waals surface area contributed by atoms with Crippen LogP contribution in [0.3, 0.4) is 0 Å². The van der Waals surface area contributed by atoms with E-state index in [2.05, 4.69) is 69.1 Å². The van der Waals surface area contributed by atoms with Crippen LogP contribution in [0.2, 0.25) is 0 Å². The van der Waals surface area contributed by atoms with E-state index < -0.39 is 0 Å². The molecule has 0 aliphatic heterocycles. The van der Waals surface area contributed by atoms with Crippen molar-refractivity contribution in [2.24, 2.45) is 0 Å². The average Bonchev–Trinajstić information content (AvgIpc) is 1.87. The van der Waals surface area contributed by atoms with Gasteiger partial charge in [-0.2, -0.15) is 0 Å². The predicted octanol–water partition coefficient (Wildman–Crippen LogP) is -1.67. The Morgan fingerprint density at radius 2 is 1.18 bits per heavy atom. The van der Waals surface area contributed by atoms with E-state index in [1.54, 1.807) is 0 Å². The van der Waals surface area contributed by atoms with E-state index in [1.807, 2.05) is 0 Å². The summed E-state index contributed by atoms with van der Waals surface area (Å²) in [6.45, 7) is 0. The molecule has 0 saturated heterocycles. The van der Waals surface area contributed by atoms with Gasteiger partial charge in [-0.15, -0.1) is 0 Å². The van der Waals surface area contributed by atoms with Crippen LogP contribution >= 0.6 is 0 Å². The van der Waals surface area contributed by atoms with E-state index in [0.717, 1.165) is 0 Å². The Morgan fingerprint density at radius 3 is 1.36 bits per heavy atom. The molecule has 0 saturated carbocycles. The molecule has 0 aromatic rings. The van der Waals surface area contributed by atoms with Crippen molar-refractivity contribution in [3.05, 3.63) is 0 Å². The van der Waals surface area contributed by atoms with E-state index in [-0.39, 0.29) is 0 Å². The van der Waals surface area contributed by atoms with E-state index in [1.165, 1.54) is 6.88 Å². The van der Waals surface area contributed by atoms with Crippen LogP contribution in [0.1, 0.15) is 0 Å². The average molecular weight is 349 g/mol. The van der Waals surface area contributed by atoms with Gasteiger partial charge in [0.25, 0.3) is 0 Å². The minimum atomic E-state index is 0.410. The van der Waals surface area contributed by atoms with Gasteiger partial charge in [0.1, 0.15) is 0 Å². The van der Waals surface area contributed by atoms with Gasteiger partial charge in [0.05, 0.1) is 0 Å². The quantitative estimate of drug-likeness (QED) is 0.560. The summed E-state index contributed by atoms with van der Waals surface area (Å²) in [5.74, 6) is 0. The van der Waals surface area contributed by atoms with Gasteiger partial charge in [0.2, 0.25) is 0 Å². The molecule has 0 fully saturated rings. The first-order valence-electron chi connectivity index (χ1n) is 3.05. The number of hydrogen-bond donors (Lipinski definition) is 0. The molecular formula is C6H12N2Se3. The molecule has 0 atom stereocenters. The van der Waals surface area contributed by atoms with Gasteiger partial charge in [-0.1, -0.05) is 0 Å². The van der Waals surface area contributed by atoms with Crippen molar-refractivity contribution >= 4 is 53.0 Å². The normalized spacial score (nSPS) is 9.09. The van der Waals surface area contributed by atoms with Gasteiger partial charge >= 0.3 is 91.0 Å². The second kappa shape index (κ2) is 5.53. The van der Waals surface area contributed by atoms with Crippen LogP contribution in [0.15, 0.2) is 0 Å².